The number of rotatable bonds is 7. The second kappa shape index (κ2) is 10.4. The van der Waals surface area contributed by atoms with Crippen LogP contribution in [-0.2, 0) is 4.79 Å². The van der Waals surface area contributed by atoms with Crippen molar-refractivity contribution in [3.63, 3.8) is 0 Å². The molecule has 1 saturated heterocycles. The van der Waals surface area contributed by atoms with E-state index in [1.807, 2.05) is 30.3 Å². The lowest BCUT2D eigenvalue weighted by molar-refractivity contribution is -0.384. The standard InChI is InChI=1S/C21H25N5O4/c27-20(22-18-7-4-8-19(15-18)26(29)30)11-14-25-12-9-17(10-13-25)24-21(28)23-16-5-2-1-3-6-16/h1-8,15,17H,9-14H2,(H,22,27)(H2,23,24,28). The number of nitrogens with one attached hydrogen (secondary N) is 3. The van der Waals surface area contributed by atoms with Gasteiger partial charge in [0.2, 0.25) is 5.91 Å². The fraction of sp³-hybridized carbons (Fsp3) is 0.333. The van der Waals surface area contributed by atoms with Crippen molar-refractivity contribution in [2.24, 2.45) is 0 Å². The minimum atomic E-state index is -0.492. The van der Waals surface area contributed by atoms with Crippen molar-refractivity contribution in [1.82, 2.24) is 10.2 Å². The Morgan fingerprint density at radius 2 is 1.70 bits per heavy atom. The number of para-hydroxylation sites is 1. The third kappa shape index (κ3) is 6.56. The molecule has 0 saturated carbocycles. The van der Waals surface area contributed by atoms with Crippen molar-refractivity contribution < 1.29 is 14.5 Å². The van der Waals surface area contributed by atoms with Crippen LogP contribution in [-0.4, -0.2) is 47.4 Å². The summed E-state index contributed by atoms with van der Waals surface area (Å²) in [6.07, 6.45) is 1.93. The number of nitro groups is 1. The van der Waals surface area contributed by atoms with Gasteiger partial charge in [-0.05, 0) is 31.0 Å². The Labute approximate surface area is 174 Å². The molecule has 3 rings (SSSR count). The summed E-state index contributed by atoms with van der Waals surface area (Å²) in [6, 6.07) is 15.1. The van der Waals surface area contributed by atoms with Gasteiger partial charge in [-0.1, -0.05) is 24.3 Å². The molecule has 0 spiro atoms. The van der Waals surface area contributed by atoms with Crippen LogP contribution in [0, 0.1) is 10.1 Å². The van der Waals surface area contributed by atoms with Gasteiger partial charge in [0.05, 0.1) is 4.92 Å². The fourth-order valence-electron chi connectivity index (χ4n) is 3.36. The SMILES string of the molecule is O=C(CCN1CCC(NC(=O)Nc2ccccc2)CC1)Nc1cccc([N+](=O)[O-])c1. The van der Waals surface area contributed by atoms with Crippen LogP contribution < -0.4 is 16.0 Å². The second-order valence-corrected chi connectivity index (χ2v) is 7.19. The van der Waals surface area contributed by atoms with Gasteiger partial charge in [-0.25, -0.2) is 4.79 Å². The van der Waals surface area contributed by atoms with E-state index < -0.39 is 4.92 Å². The number of nitrogens with zero attached hydrogens (tertiary/aromatic N) is 2. The number of hydrogen-bond donors (Lipinski definition) is 3. The van der Waals surface area contributed by atoms with Crippen molar-refractivity contribution in [1.29, 1.82) is 0 Å². The molecule has 1 aliphatic heterocycles. The molecule has 1 heterocycles. The zero-order chi connectivity index (χ0) is 21.3. The number of carbonyl (C=O) groups is 2. The quantitative estimate of drug-likeness (QED) is 0.478. The third-order valence-electron chi connectivity index (χ3n) is 4.95. The lowest BCUT2D eigenvalue weighted by Crippen LogP contribution is -2.46. The number of piperidine rings is 1. The van der Waals surface area contributed by atoms with E-state index in [4.69, 9.17) is 0 Å². The first-order valence-corrected chi connectivity index (χ1v) is 9.89. The molecule has 0 radical (unpaired) electrons. The zero-order valence-corrected chi connectivity index (χ0v) is 16.5. The first-order valence-electron chi connectivity index (χ1n) is 9.89. The summed E-state index contributed by atoms with van der Waals surface area (Å²) in [6.45, 7) is 2.18. The first kappa shape index (κ1) is 21.3. The summed E-state index contributed by atoms with van der Waals surface area (Å²) in [5.41, 5.74) is 1.11. The third-order valence-corrected chi connectivity index (χ3v) is 4.95. The Bertz CT molecular complexity index is 882. The molecule has 158 valence electrons. The highest BCUT2D eigenvalue weighted by atomic mass is 16.6. The summed E-state index contributed by atoms with van der Waals surface area (Å²) in [5, 5.41) is 19.3. The average Bonchev–Trinajstić information content (AvgIpc) is 2.74. The van der Waals surface area contributed by atoms with Gasteiger partial charge in [-0.3, -0.25) is 14.9 Å². The van der Waals surface area contributed by atoms with Gasteiger partial charge in [0.1, 0.15) is 0 Å². The van der Waals surface area contributed by atoms with Crippen molar-refractivity contribution in [3.8, 4) is 0 Å². The fourth-order valence-corrected chi connectivity index (χ4v) is 3.36. The molecule has 0 atom stereocenters. The van der Waals surface area contributed by atoms with E-state index in [0.717, 1.165) is 31.6 Å². The van der Waals surface area contributed by atoms with E-state index in [0.29, 0.717) is 18.7 Å². The predicted octanol–water partition coefficient (Wildman–Crippen LogP) is 3.21. The minimum Gasteiger partial charge on any atom is -0.335 e. The highest BCUT2D eigenvalue weighted by Crippen LogP contribution is 2.17. The number of benzene rings is 2. The maximum absolute atomic E-state index is 12.1. The van der Waals surface area contributed by atoms with E-state index in [1.165, 1.54) is 12.1 Å². The van der Waals surface area contributed by atoms with Crippen LogP contribution in [0.5, 0.6) is 0 Å². The van der Waals surface area contributed by atoms with Gasteiger partial charge in [-0.15, -0.1) is 0 Å². The highest BCUT2D eigenvalue weighted by Gasteiger charge is 2.21. The van der Waals surface area contributed by atoms with Gasteiger partial charge < -0.3 is 20.9 Å². The predicted molar refractivity (Wildman–Crippen MR) is 114 cm³/mol. The summed E-state index contributed by atoms with van der Waals surface area (Å²) in [5.74, 6) is -0.182. The van der Waals surface area contributed by atoms with E-state index in [9.17, 15) is 19.7 Å². The van der Waals surface area contributed by atoms with Crippen LogP contribution in [0.2, 0.25) is 0 Å². The van der Waals surface area contributed by atoms with Crippen LogP contribution in [0.3, 0.4) is 0 Å². The Balaban J connectivity index is 1.35. The maximum atomic E-state index is 12.1. The Morgan fingerprint density at radius 1 is 1.00 bits per heavy atom. The summed E-state index contributed by atoms with van der Waals surface area (Å²) < 4.78 is 0. The number of hydrogen-bond acceptors (Lipinski definition) is 5. The Kier molecular flexibility index (Phi) is 7.34. The van der Waals surface area contributed by atoms with Crippen LogP contribution >= 0.6 is 0 Å². The largest absolute Gasteiger partial charge is 0.335 e. The summed E-state index contributed by atoms with van der Waals surface area (Å²) >= 11 is 0. The van der Waals surface area contributed by atoms with Gasteiger partial charge in [0.25, 0.3) is 5.69 Å². The topological polar surface area (TPSA) is 117 Å². The molecule has 2 aromatic rings. The molecule has 2 aromatic carbocycles. The first-order chi connectivity index (χ1) is 14.5. The Hall–Kier alpha value is -3.46. The second-order valence-electron chi connectivity index (χ2n) is 7.19. The maximum Gasteiger partial charge on any atom is 0.319 e. The van der Waals surface area contributed by atoms with E-state index in [1.54, 1.807) is 12.1 Å². The van der Waals surface area contributed by atoms with E-state index in [-0.39, 0.29) is 23.7 Å². The molecule has 1 fully saturated rings. The van der Waals surface area contributed by atoms with Gasteiger partial charge in [0.15, 0.2) is 0 Å². The molecule has 0 unspecified atom stereocenters. The molecular weight excluding hydrogens is 386 g/mol. The monoisotopic (exact) mass is 411 g/mol. The molecule has 3 amide bonds. The summed E-state index contributed by atoms with van der Waals surface area (Å²) in [4.78, 5) is 36.7. The highest BCUT2D eigenvalue weighted by molar-refractivity contribution is 5.91. The smallest absolute Gasteiger partial charge is 0.319 e. The van der Waals surface area contributed by atoms with Crippen LogP contribution in [0.25, 0.3) is 0 Å². The van der Waals surface area contributed by atoms with Gasteiger partial charge in [-0.2, -0.15) is 0 Å². The molecule has 30 heavy (non-hydrogen) atoms. The normalized spacial score (nSPS) is 14.7. The van der Waals surface area contributed by atoms with Crippen molar-refractivity contribution >= 4 is 29.0 Å². The van der Waals surface area contributed by atoms with Gasteiger partial charge in [0, 0.05) is 55.6 Å². The van der Waals surface area contributed by atoms with Gasteiger partial charge >= 0.3 is 6.03 Å². The number of nitro benzene ring substituents is 1. The van der Waals surface area contributed by atoms with Crippen molar-refractivity contribution in [3.05, 3.63) is 64.7 Å². The van der Waals surface area contributed by atoms with Crippen molar-refractivity contribution in [2.45, 2.75) is 25.3 Å². The van der Waals surface area contributed by atoms with E-state index >= 15 is 0 Å². The van der Waals surface area contributed by atoms with Crippen LogP contribution in [0.1, 0.15) is 19.3 Å². The molecule has 9 heteroatoms. The zero-order valence-electron chi connectivity index (χ0n) is 16.5. The van der Waals surface area contributed by atoms with Crippen LogP contribution in [0.4, 0.5) is 21.9 Å². The van der Waals surface area contributed by atoms with Crippen molar-refractivity contribution in [2.75, 3.05) is 30.3 Å². The molecule has 1 aliphatic rings. The number of likely N-dealkylation sites (tertiary alicyclic amines) is 1. The molecule has 0 aromatic heterocycles. The lowest BCUT2D eigenvalue weighted by atomic mass is 10.1. The molecular formula is C21H25N5O4. The number of carbonyl (C=O) groups excluding carboxylic acids is 2. The van der Waals surface area contributed by atoms with E-state index in [2.05, 4.69) is 20.9 Å². The summed E-state index contributed by atoms with van der Waals surface area (Å²) in [7, 11) is 0. The molecule has 3 N–H and O–H groups in total. The number of non-ortho nitro benzene ring substituents is 1. The van der Waals surface area contributed by atoms with Crippen LogP contribution in [0.15, 0.2) is 54.6 Å². The number of urea groups is 1. The molecule has 9 nitrogen and oxygen atoms in total. The Morgan fingerprint density at radius 3 is 2.40 bits per heavy atom. The number of anilines is 2. The lowest BCUT2D eigenvalue weighted by Gasteiger charge is -2.32. The minimum absolute atomic E-state index is 0.0568. The molecule has 0 aliphatic carbocycles. The molecule has 0 bridgehead atoms. The average molecular weight is 411 g/mol. The number of amides is 3.